The van der Waals surface area contributed by atoms with Gasteiger partial charge in [-0.3, -0.25) is 38.6 Å². The standard InChI is InChI=1S/C24H34N4O11/c1-2-39-23(36)15-28(18(24(37)38)12-19(25)29)10-8-26(13-21(32)33)7-9-27(14-22(34)35)17-5-3-16(4-6-17)11-20(30)31/h3-6,18H,2,7-15H2,1H3,(H2,25,29)(H,30,31)(H,32,33)(H,34,35)(H,37,38). The molecule has 15 nitrogen and oxygen atoms in total. The zero-order valence-electron chi connectivity index (χ0n) is 21.5. The third-order valence-electron chi connectivity index (χ3n) is 5.49. The molecule has 1 aromatic carbocycles. The summed E-state index contributed by atoms with van der Waals surface area (Å²) >= 11 is 0. The molecule has 1 atom stereocenters. The van der Waals surface area contributed by atoms with Crippen LogP contribution in [0, 0.1) is 0 Å². The average molecular weight is 555 g/mol. The lowest BCUT2D eigenvalue weighted by Gasteiger charge is -2.31. The van der Waals surface area contributed by atoms with Crippen LogP contribution in [0.5, 0.6) is 0 Å². The predicted molar refractivity (Wildman–Crippen MR) is 135 cm³/mol. The number of nitrogens with zero attached hydrogens (tertiary/aromatic N) is 3. The third-order valence-corrected chi connectivity index (χ3v) is 5.49. The van der Waals surface area contributed by atoms with E-state index in [0.717, 1.165) is 4.90 Å². The van der Waals surface area contributed by atoms with E-state index in [0.29, 0.717) is 11.3 Å². The number of carboxylic acids is 4. The van der Waals surface area contributed by atoms with Crippen molar-refractivity contribution in [2.24, 2.45) is 5.73 Å². The molecule has 0 spiro atoms. The number of primary amides is 1. The summed E-state index contributed by atoms with van der Waals surface area (Å²) in [6, 6.07) is 4.76. The number of rotatable bonds is 20. The van der Waals surface area contributed by atoms with Gasteiger partial charge in [0.25, 0.3) is 0 Å². The Bertz CT molecular complexity index is 1020. The van der Waals surface area contributed by atoms with Crippen LogP contribution in [0.1, 0.15) is 18.9 Å². The minimum Gasteiger partial charge on any atom is -0.481 e. The van der Waals surface area contributed by atoms with Gasteiger partial charge >= 0.3 is 29.8 Å². The van der Waals surface area contributed by atoms with Gasteiger partial charge in [-0.25, -0.2) is 0 Å². The fourth-order valence-electron chi connectivity index (χ4n) is 3.74. The van der Waals surface area contributed by atoms with Crippen LogP contribution >= 0.6 is 0 Å². The van der Waals surface area contributed by atoms with Gasteiger partial charge in [-0.1, -0.05) is 12.1 Å². The fourth-order valence-corrected chi connectivity index (χ4v) is 3.74. The number of nitrogens with two attached hydrogens (primary N) is 1. The van der Waals surface area contributed by atoms with E-state index < -0.39 is 67.9 Å². The molecule has 0 bridgehead atoms. The summed E-state index contributed by atoms with van der Waals surface area (Å²) in [5, 5.41) is 37.2. The van der Waals surface area contributed by atoms with Crippen molar-refractivity contribution in [2.75, 3.05) is 57.3 Å². The number of esters is 1. The number of hydrogen-bond acceptors (Lipinski definition) is 10. The van der Waals surface area contributed by atoms with Crippen molar-refractivity contribution < 1.29 is 53.9 Å². The van der Waals surface area contributed by atoms with Gasteiger partial charge in [0.1, 0.15) is 12.6 Å². The summed E-state index contributed by atoms with van der Waals surface area (Å²) in [7, 11) is 0. The Labute approximate surface area is 224 Å². The lowest BCUT2D eigenvalue weighted by molar-refractivity contribution is -0.151. The van der Waals surface area contributed by atoms with E-state index in [1.165, 1.54) is 9.80 Å². The Morgan fingerprint density at radius 1 is 0.821 bits per heavy atom. The highest BCUT2D eigenvalue weighted by molar-refractivity contribution is 5.84. The smallest absolute Gasteiger partial charge is 0.323 e. The molecule has 1 amide bonds. The number of ether oxygens (including phenoxy) is 1. The molecule has 0 aliphatic rings. The van der Waals surface area contributed by atoms with Crippen LogP contribution in [0.3, 0.4) is 0 Å². The molecule has 6 N–H and O–H groups in total. The molecule has 1 aromatic rings. The second kappa shape index (κ2) is 16.6. The Hall–Kier alpha value is -4.24. The molecule has 0 aliphatic heterocycles. The van der Waals surface area contributed by atoms with Gasteiger partial charge in [-0.15, -0.1) is 0 Å². The van der Waals surface area contributed by atoms with Crippen molar-refractivity contribution in [3.8, 4) is 0 Å². The monoisotopic (exact) mass is 554 g/mol. The Balaban J connectivity index is 3.07. The molecule has 1 unspecified atom stereocenters. The largest absolute Gasteiger partial charge is 0.481 e. The van der Waals surface area contributed by atoms with E-state index in [2.05, 4.69) is 0 Å². The van der Waals surface area contributed by atoms with Gasteiger partial charge in [-0.05, 0) is 24.6 Å². The normalized spacial score (nSPS) is 11.7. The first-order chi connectivity index (χ1) is 18.3. The van der Waals surface area contributed by atoms with Gasteiger partial charge in [0, 0.05) is 31.9 Å². The number of carbonyl (C=O) groups is 6. The number of aliphatic carboxylic acids is 4. The van der Waals surface area contributed by atoms with Crippen LogP contribution in [-0.2, 0) is 39.9 Å². The molecule has 0 saturated carbocycles. The summed E-state index contributed by atoms with van der Waals surface area (Å²) in [4.78, 5) is 73.2. The molecule has 0 aromatic heterocycles. The highest BCUT2D eigenvalue weighted by Crippen LogP contribution is 2.16. The second-order valence-electron chi connectivity index (χ2n) is 8.52. The summed E-state index contributed by atoms with van der Waals surface area (Å²) in [5.41, 5.74) is 6.16. The molecule has 15 heteroatoms. The number of carboxylic acid groups (broad SMARTS) is 4. The van der Waals surface area contributed by atoms with Crippen LogP contribution < -0.4 is 10.6 Å². The molecule has 0 radical (unpaired) electrons. The van der Waals surface area contributed by atoms with Gasteiger partial charge < -0.3 is 35.8 Å². The molecular weight excluding hydrogens is 520 g/mol. The molecule has 0 aliphatic carbocycles. The summed E-state index contributed by atoms with van der Waals surface area (Å²) < 4.78 is 4.88. The number of anilines is 1. The molecule has 39 heavy (non-hydrogen) atoms. The Morgan fingerprint density at radius 2 is 1.41 bits per heavy atom. The first kappa shape index (κ1) is 32.8. The van der Waals surface area contributed by atoms with Crippen molar-refractivity contribution in [3.63, 3.8) is 0 Å². The van der Waals surface area contributed by atoms with Gasteiger partial charge in [0.15, 0.2) is 0 Å². The van der Waals surface area contributed by atoms with Crippen molar-refractivity contribution in [2.45, 2.75) is 25.8 Å². The van der Waals surface area contributed by atoms with Crippen molar-refractivity contribution >= 4 is 41.4 Å². The van der Waals surface area contributed by atoms with Gasteiger partial charge in [0.05, 0.1) is 32.5 Å². The van der Waals surface area contributed by atoms with E-state index in [-0.39, 0.29) is 39.2 Å². The zero-order chi connectivity index (χ0) is 29.5. The maximum absolute atomic E-state index is 12.1. The number of hydrogen-bond donors (Lipinski definition) is 5. The molecule has 216 valence electrons. The van der Waals surface area contributed by atoms with E-state index in [4.69, 9.17) is 15.6 Å². The van der Waals surface area contributed by atoms with E-state index in [1.54, 1.807) is 31.2 Å². The second-order valence-corrected chi connectivity index (χ2v) is 8.52. The van der Waals surface area contributed by atoms with Gasteiger partial charge in [-0.2, -0.15) is 0 Å². The maximum atomic E-state index is 12.1. The number of carbonyl (C=O) groups excluding carboxylic acids is 2. The number of amides is 1. The topological polar surface area (TPSA) is 228 Å². The summed E-state index contributed by atoms with van der Waals surface area (Å²) in [5.74, 6) is -6.41. The zero-order valence-corrected chi connectivity index (χ0v) is 21.5. The van der Waals surface area contributed by atoms with Crippen molar-refractivity contribution in [1.82, 2.24) is 9.80 Å². The lowest BCUT2D eigenvalue weighted by atomic mass is 10.1. The maximum Gasteiger partial charge on any atom is 0.323 e. The molecule has 0 fully saturated rings. The number of benzene rings is 1. The predicted octanol–water partition coefficient (Wildman–Crippen LogP) is -1.21. The van der Waals surface area contributed by atoms with Gasteiger partial charge in [0.2, 0.25) is 5.91 Å². The van der Waals surface area contributed by atoms with Crippen molar-refractivity contribution in [3.05, 3.63) is 29.8 Å². The van der Waals surface area contributed by atoms with E-state index in [9.17, 15) is 44.1 Å². The average Bonchev–Trinajstić information content (AvgIpc) is 2.82. The minimum atomic E-state index is -1.45. The van der Waals surface area contributed by atoms with E-state index >= 15 is 0 Å². The molecule has 1 rings (SSSR count). The van der Waals surface area contributed by atoms with Crippen LogP contribution in [-0.4, -0.2) is 124 Å². The van der Waals surface area contributed by atoms with Crippen molar-refractivity contribution in [1.29, 1.82) is 0 Å². The first-order valence-corrected chi connectivity index (χ1v) is 11.9. The Kier molecular flexibility index (Phi) is 13.9. The van der Waals surface area contributed by atoms with Crippen LogP contribution in [0.4, 0.5) is 5.69 Å². The van der Waals surface area contributed by atoms with Crippen LogP contribution in [0.15, 0.2) is 24.3 Å². The van der Waals surface area contributed by atoms with Crippen LogP contribution in [0.2, 0.25) is 0 Å². The Morgan fingerprint density at radius 3 is 1.90 bits per heavy atom. The molecule has 0 saturated heterocycles. The summed E-state index contributed by atoms with van der Waals surface area (Å²) in [6.07, 6.45) is -0.793. The summed E-state index contributed by atoms with van der Waals surface area (Å²) in [6.45, 7) is 0.141. The third kappa shape index (κ3) is 13.2. The molecule has 0 heterocycles. The highest BCUT2D eigenvalue weighted by atomic mass is 16.5. The lowest BCUT2D eigenvalue weighted by Crippen LogP contribution is -2.50. The van der Waals surface area contributed by atoms with Crippen LogP contribution in [0.25, 0.3) is 0 Å². The first-order valence-electron chi connectivity index (χ1n) is 11.9. The quantitative estimate of drug-likeness (QED) is 0.119. The minimum absolute atomic E-state index is 0.0389. The molecular formula is C24H34N4O11. The van der Waals surface area contributed by atoms with E-state index in [1.807, 2.05) is 0 Å². The highest BCUT2D eigenvalue weighted by Gasteiger charge is 2.30. The SMILES string of the molecule is CCOC(=O)CN(CCN(CCN(CC(=O)O)c1ccc(CC(=O)O)cc1)CC(=O)O)C(CC(N)=O)C(=O)O. The fraction of sp³-hybridized carbons (Fsp3) is 0.500.